The van der Waals surface area contributed by atoms with Crippen LogP contribution in [-0.2, 0) is 6.54 Å². The lowest BCUT2D eigenvalue weighted by Crippen LogP contribution is -2.40. The van der Waals surface area contributed by atoms with E-state index < -0.39 is 0 Å². The summed E-state index contributed by atoms with van der Waals surface area (Å²) in [6.45, 7) is 9.89. The minimum Gasteiger partial charge on any atom is -0.315 e. The van der Waals surface area contributed by atoms with Gasteiger partial charge in [-0.05, 0) is 25.9 Å². The molecule has 1 N–H and O–H groups in total. The fourth-order valence-corrected chi connectivity index (χ4v) is 2.60. The smallest absolute Gasteiger partial charge is 0.0795 e. The van der Waals surface area contributed by atoms with E-state index in [-0.39, 0.29) is 0 Å². The summed E-state index contributed by atoms with van der Waals surface area (Å²) < 4.78 is 0. The van der Waals surface area contributed by atoms with Crippen LogP contribution in [0, 0.1) is 5.92 Å². The lowest BCUT2D eigenvalue weighted by Gasteiger charge is -2.28. The van der Waals surface area contributed by atoms with E-state index in [1.807, 2.05) is 5.51 Å². The molecule has 0 bridgehead atoms. The maximum absolute atomic E-state index is 4.36. The molecule has 0 aliphatic carbocycles. The number of thiazole rings is 1. The van der Waals surface area contributed by atoms with Crippen molar-refractivity contribution in [2.45, 2.75) is 46.2 Å². The third-order valence-corrected chi connectivity index (χ3v) is 3.71. The van der Waals surface area contributed by atoms with Gasteiger partial charge < -0.3 is 5.32 Å². The number of hydrogen-bond donors (Lipinski definition) is 1. The topological polar surface area (TPSA) is 28.2 Å². The van der Waals surface area contributed by atoms with Gasteiger partial charge in [0.15, 0.2) is 0 Å². The van der Waals surface area contributed by atoms with E-state index in [2.05, 4.69) is 48.4 Å². The van der Waals surface area contributed by atoms with Crippen molar-refractivity contribution in [2.75, 3.05) is 20.1 Å². The Morgan fingerprint density at radius 1 is 1.39 bits per heavy atom. The fraction of sp³-hybridized carbons (Fsp3) is 0.786. The van der Waals surface area contributed by atoms with E-state index in [9.17, 15) is 0 Å². The van der Waals surface area contributed by atoms with Gasteiger partial charge in [0, 0.05) is 24.5 Å². The molecule has 104 valence electrons. The zero-order valence-corrected chi connectivity index (χ0v) is 13.0. The second-order valence-corrected chi connectivity index (χ2v) is 6.11. The number of nitrogens with zero attached hydrogens (tertiary/aromatic N) is 2. The van der Waals surface area contributed by atoms with Crippen LogP contribution in [-0.4, -0.2) is 36.1 Å². The Morgan fingerprint density at radius 3 is 2.72 bits per heavy atom. The minimum absolute atomic E-state index is 0.607. The molecule has 3 nitrogen and oxygen atoms in total. The Bertz CT molecular complexity index is 298. The van der Waals surface area contributed by atoms with Gasteiger partial charge in [0.25, 0.3) is 0 Å². The van der Waals surface area contributed by atoms with Crippen molar-refractivity contribution >= 4 is 11.3 Å². The van der Waals surface area contributed by atoms with Crippen LogP contribution in [0.3, 0.4) is 0 Å². The normalized spacial score (nSPS) is 13.4. The molecule has 0 aromatic carbocycles. The van der Waals surface area contributed by atoms with Gasteiger partial charge in [0.2, 0.25) is 0 Å². The summed E-state index contributed by atoms with van der Waals surface area (Å²) in [5.41, 5.74) is 3.10. The summed E-state index contributed by atoms with van der Waals surface area (Å²) in [5.74, 6) is 0.719. The summed E-state index contributed by atoms with van der Waals surface area (Å²) in [4.78, 5) is 6.79. The molecule has 0 spiro atoms. The van der Waals surface area contributed by atoms with E-state index in [4.69, 9.17) is 0 Å². The van der Waals surface area contributed by atoms with Crippen molar-refractivity contribution in [3.63, 3.8) is 0 Å². The SMILES string of the molecule is CCCC(CNCC(C)C)N(C)Cc1cscn1. The minimum atomic E-state index is 0.607. The maximum Gasteiger partial charge on any atom is 0.0795 e. The summed E-state index contributed by atoms with van der Waals surface area (Å²) in [7, 11) is 2.21. The molecule has 1 aromatic heterocycles. The molecule has 0 radical (unpaired) electrons. The average molecular weight is 269 g/mol. The van der Waals surface area contributed by atoms with Crippen LogP contribution in [0.1, 0.15) is 39.3 Å². The largest absolute Gasteiger partial charge is 0.315 e. The van der Waals surface area contributed by atoms with Gasteiger partial charge in [0.1, 0.15) is 0 Å². The second kappa shape index (κ2) is 8.62. The molecule has 0 fully saturated rings. The van der Waals surface area contributed by atoms with Crippen LogP contribution < -0.4 is 5.32 Å². The zero-order chi connectivity index (χ0) is 13.4. The highest BCUT2D eigenvalue weighted by Crippen LogP contribution is 2.10. The van der Waals surface area contributed by atoms with Gasteiger partial charge >= 0.3 is 0 Å². The first kappa shape index (κ1) is 15.6. The van der Waals surface area contributed by atoms with Crippen LogP contribution in [0.2, 0.25) is 0 Å². The predicted molar refractivity (Wildman–Crippen MR) is 80.0 cm³/mol. The first-order chi connectivity index (χ1) is 8.63. The summed E-state index contributed by atoms with van der Waals surface area (Å²) in [5, 5.41) is 5.71. The van der Waals surface area contributed by atoms with Gasteiger partial charge in [-0.2, -0.15) is 0 Å². The van der Waals surface area contributed by atoms with Crippen LogP contribution in [0.25, 0.3) is 0 Å². The van der Waals surface area contributed by atoms with E-state index in [0.29, 0.717) is 6.04 Å². The average Bonchev–Trinajstić information content (AvgIpc) is 2.80. The van der Waals surface area contributed by atoms with E-state index >= 15 is 0 Å². The van der Waals surface area contributed by atoms with Gasteiger partial charge in [-0.15, -0.1) is 11.3 Å². The molecule has 0 saturated carbocycles. The summed E-state index contributed by atoms with van der Waals surface area (Å²) in [6, 6.07) is 0.607. The monoisotopic (exact) mass is 269 g/mol. The molecular formula is C14H27N3S. The van der Waals surface area contributed by atoms with Gasteiger partial charge in [-0.1, -0.05) is 27.2 Å². The van der Waals surface area contributed by atoms with Crippen LogP contribution in [0.5, 0.6) is 0 Å². The molecule has 1 atom stereocenters. The van der Waals surface area contributed by atoms with Crippen molar-refractivity contribution in [2.24, 2.45) is 5.92 Å². The molecule has 1 unspecified atom stereocenters. The lowest BCUT2D eigenvalue weighted by molar-refractivity contribution is 0.211. The van der Waals surface area contributed by atoms with Gasteiger partial charge in [0.05, 0.1) is 11.2 Å². The quantitative estimate of drug-likeness (QED) is 0.747. The zero-order valence-electron chi connectivity index (χ0n) is 12.1. The molecule has 0 saturated heterocycles. The molecule has 0 aliphatic rings. The van der Waals surface area contributed by atoms with Crippen molar-refractivity contribution in [3.8, 4) is 0 Å². The molecule has 1 heterocycles. The Kier molecular flexibility index (Phi) is 7.47. The van der Waals surface area contributed by atoms with Crippen molar-refractivity contribution in [1.82, 2.24) is 15.2 Å². The summed E-state index contributed by atoms with van der Waals surface area (Å²) >= 11 is 1.68. The van der Waals surface area contributed by atoms with E-state index in [1.165, 1.54) is 18.5 Å². The Balaban J connectivity index is 2.39. The number of aromatic nitrogens is 1. The highest BCUT2D eigenvalue weighted by molar-refractivity contribution is 7.07. The van der Waals surface area contributed by atoms with E-state index in [1.54, 1.807) is 11.3 Å². The number of rotatable bonds is 9. The first-order valence-electron chi connectivity index (χ1n) is 6.91. The Labute approximate surface area is 116 Å². The predicted octanol–water partition coefficient (Wildman–Crippen LogP) is 2.99. The molecule has 0 aliphatic heterocycles. The Hall–Kier alpha value is -0.450. The number of nitrogens with one attached hydrogen (secondary N) is 1. The molecule has 1 aromatic rings. The molecule has 0 amide bonds. The van der Waals surface area contributed by atoms with Gasteiger partial charge in [-0.3, -0.25) is 4.90 Å². The maximum atomic E-state index is 4.36. The molecular weight excluding hydrogens is 242 g/mol. The Morgan fingerprint density at radius 2 is 2.17 bits per heavy atom. The van der Waals surface area contributed by atoms with Crippen LogP contribution in [0.4, 0.5) is 0 Å². The fourth-order valence-electron chi connectivity index (χ4n) is 2.05. The third-order valence-electron chi connectivity index (χ3n) is 3.07. The van der Waals surface area contributed by atoms with Crippen molar-refractivity contribution in [3.05, 3.63) is 16.6 Å². The van der Waals surface area contributed by atoms with Crippen molar-refractivity contribution in [1.29, 1.82) is 0 Å². The molecule has 4 heteroatoms. The second-order valence-electron chi connectivity index (χ2n) is 5.39. The van der Waals surface area contributed by atoms with Crippen LogP contribution >= 0.6 is 11.3 Å². The summed E-state index contributed by atoms with van der Waals surface area (Å²) in [6.07, 6.45) is 2.47. The van der Waals surface area contributed by atoms with E-state index in [0.717, 1.165) is 25.6 Å². The highest BCUT2D eigenvalue weighted by atomic mass is 32.1. The van der Waals surface area contributed by atoms with Gasteiger partial charge in [-0.25, -0.2) is 4.98 Å². The van der Waals surface area contributed by atoms with Crippen LogP contribution in [0.15, 0.2) is 10.9 Å². The standard InChI is InChI=1S/C14H27N3S/c1-5-6-14(8-15-7-12(2)3)17(4)9-13-10-18-11-16-13/h10-12,14-15H,5-9H2,1-4H3. The first-order valence-corrected chi connectivity index (χ1v) is 7.85. The van der Waals surface area contributed by atoms with Crippen molar-refractivity contribution < 1.29 is 0 Å². The molecule has 1 rings (SSSR count). The lowest BCUT2D eigenvalue weighted by atomic mass is 10.1. The highest BCUT2D eigenvalue weighted by Gasteiger charge is 2.14. The third kappa shape index (κ3) is 5.94. The number of likely N-dealkylation sites (N-methyl/N-ethyl adjacent to an activating group) is 1. The molecule has 18 heavy (non-hydrogen) atoms. The number of hydrogen-bond acceptors (Lipinski definition) is 4.